The Kier molecular flexibility index (Phi) is 10.6. The Morgan fingerprint density at radius 1 is 0.976 bits per heavy atom. The summed E-state index contributed by atoms with van der Waals surface area (Å²) in [6, 6.07) is 15.9. The van der Waals surface area contributed by atoms with E-state index in [0.29, 0.717) is 31.4 Å². The number of fused-ring (bicyclic) bond motifs is 1. The Hall–Kier alpha value is -3.00. The van der Waals surface area contributed by atoms with Crippen molar-refractivity contribution in [2.24, 2.45) is 5.41 Å². The molecule has 228 valence electrons. The monoisotopic (exact) mass is 598 g/mol. The summed E-state index contributed by atoms with van der Waals surface area (Å²) in [5, 5.41) is 3.00. The zero-order chi connectivity index (χ0) is 30.3. The van der Waals surface area contributed by atoms with Crippen LogP contribution in [0.4, 0.5) is 5.69 Å². The van der Waals surface area contributed by atoms with Gasteiger partial charge in [0.25, 0.3) is 0 Å². The minimum Gasteiger partial charge on any atom is -0.459 e. The van der Waals surface area contributed by atoms with E-state index in [1.54, 1.807) is 27.7 Å². The third-order valence-electron chi connectivity index (χ3n) is 7.67. The van der Waals surface area contributed by atoms with E-state index in [4.69, 9.17) is 13.8 Å². The molecule has 9 nitrogen and oxygen atoms in total. The number of anilines is 1. The summed E-state index contributed by atoms with van der Waals surface area (Å²) >= 11 is 0. The normalized spacial score (nSPS) is 18.6. The van der Waals surface area contributed by atoms with Crippen LogP contribution in [-0.4, -0.2) is 48.7 Å². The van der Waals surface area contributed by atoms with Crippen LogP contribution in [0.5, 0.6) is 0 Å². The third kappa shape index (κ3) is 8.09. The average molecular weight is 599 g/mol. The summed E-state index contributed by atoms with van der Waals surface area (Å²) in [5.74, 6) is -1.24. The van der Waals surface area contributed by atoms with Gasteiger partial charge < -0.3 is 19.1 Å². The zero-order valence-electron chi connectivity index (χ0n) is 25.0. The fourth-order valence-electron chi connectivity index (χ4n) is 5.86. The lowest BCUT2D eigenvalue weighted by atomic mass is 9.87. The Morgan fingerprint density at radius 3 is 2.24 bits per heavy atom. The zero-order valence-corrected chi connectivity index (χ0v) is 25.9. The van der Waals surface area contributed by atoms with Crippen LogP contribution < -0.4 is 10.2 Å². The first-order chi connectivity index (χ1) is 20.0. The molecule has 0 bridgehead atoms. The molecule has 1 fully saturated rings. The highest BCUT2D eigenvalue weighted by Crippen LogP contribution is 2.58. The molecule has 2 aromatic carbocycles. The van der Waals surface area contributed by atoms with Crippen LogP contribution >= 0.6 is 7.60 Å². The second-order valence-electron chi connectivity index (χ2n) is 11.8. The minimum atomic E-state index is -3.61. The molecular weight excluding hydrogens is 555 g/mol. The van der Waals surface area contributed by atoms with Crippen LogP contribution in [0, 0.1) is 5.41 Å². The van der Waals surface area contributed by atoms with E-state index in [0.717, 1.165) is 24.0 Å². The van der Waals surface area contributed by atoms with Gasteiger partial charge in [0.05, 0.1) is 23.8 Å². The van der Waals surface area contributed by atoms with E-state index >= 15 is 0 Å². The topological polar surface area (TPSA) is 111 Å². The molecule has 0 saturated heterocycles. The van der Waals surface area contributed by atoms with Gasteiger partial charge in [-0.05, 0) is 70.6 Å². The lowest BCUT2D eigenvalue weighted by Crippen LogP contribution is -2.53. The molecule has 42 heavy (non-hydrogen) atoms. The lowest BCUT2D eigenvalue weighted by molar-refractivity contribution is -0.144. The number of rotatable bonds is 12. The number of carbonyl (C=O) groups is 3. The van der Waals surface area contributed by atoms with Crippen LogP contribution in [0.3, 0.4) is 0 Å². The van der Waals surface area contributed by atoms with Gasteiger partial charge in [-0.15, -0.1) is 0 Å². The predicted octanol–water partition coefficient (Wildman–Crippen LogP) is 5.80. The number of hydrogen-bond acceptors (Lipinski definition) is 7. The molecule has 10 heteroatoms. The summed E-state index contributed by atoms with van der Waals surface area (Å²) in [6.07, 6.45) is 2.86. The number of hydrogen-bond donors (Lipinski definition) is 1. The minimum absolute atomic E-state index is 0.0428. The molecule has 2 aromatic rings. The number of amides is 2. The van der Waals surface area contributed by atoms with Gasteiger partial charge in [0.1, 0.15) is 19.2 Å². The van der Waals surface area contributed by atoms with Crippen molar-refractivity contribution in [3.8, 4) is 0 Å². The quantitative estimate of drug-likeness (QED) is 0.243. The Balaban J connectivity index is 1.53. The number of ether oxygens (including phenoxy) is 1. The molecule has 1 saturated carbocycles. The molecule has 0 unspecified atom stereocenters. The fraction of sp³-hybridized carbons (Fsp3) is 0.531. The van der Waals surface area contributed by atoms with Crippen molar-refractivity contribution < 1.29 is 32.7 Å². The summed E-state index contributed by atoms with van der Waals surface area (Å²) < 4.78 is 30.9. The molecule has 1 atom stereocenters. The molecule has 2 amide bonds. The standard InChI is InChI=1S/C32H43N2O7P/c1-23(2)40-42(38,41-24(3)4)22-32(18-10-11-19-32)31(37)33-27-17-16-26-14-8-9-15-28(26)34(30(27)36)20-29(35)39-21-25-12-6-5-7-13-25/h5-9,12-15,23-24,27H,10-11,16-22H2,1-4H3,(H,33,37)/t27-/m0/s1. The van der Waals surface area contributed by atoms with Crippen LogP contribution in [0.2, 0.25) is 0 Å². The number of carbonyl (C=O) groups excluding carboxylic acids is 3. The fourth-order valence-corrected chi connectivity index (χ4v) is 8.54. The largest absolute Gasteiger partial charge is 0.459 e. The van der Waals surface area contributed by atoms with Crippen molar-refractivity contribution in [1.82, 2.24) is 5.32 Å². The van der Waals surface area contributed by atoms with E-state index in [1.165, 1.54) is 4.90 Å². The third-order valence-corrected chi connectivity index (χ3v) is 10.1. The van der Waals surface area contributed by atoms with Gasteiger partial charge in [0.2, 0.25) is 11.8 Å². The van der Waals surface area contributed by atoms with Gasteiger partial charge in [0, 0.05) is 5.69 Å². The Morgan fingerprint density at radius 2 is 1.60 bits per heavy atom. The second kappa shape index (κ2) is 14.0. The molecule has 1 aliphatic heterocycles. The van der Waals surface area contributed by atoms with Gasteiger partial charge in [-0.25, -0.2) is 0 Å². The van der Waals surface area contributed by atoms with Crippen molar-refractivity contribution in [2.45, 2.75) is 91.1 Å². The summed E-state index contributed by atoms with van der Waals surface area (Å²) in [6.45, 7) is 6.99. The summed E-state index contributed by atoms with van der Waals surface area (Å²) in [5.41, 5.74) is 1.42. The number of aryl methyl sites for hydroxylation is 1. The number of nitrogens with zero attached hydrogens (tertiary/aromatic N) is 1. The highest BCUT2D eigenvalue weighted by molar-refractivity contribution is 7.54. The SMILES string of the molecule is CC(C)OP(=O)(CC1(C(=O)N[C@H]2CCc3ccccc3N(CC(=O)OCc3ccccc3)C2=O)CCCC1)OC(C)C. The summed E-state index contributed by atoms with van der Waals surface area (Å²) in [7, 11) is -3.61. The molecule has 2 aliphatic rings. The molecule has 4 rings (SSSR count). The van der Waals surface area contributed by atoms with Gasteiger partial charge >= 0.3 is 13.6 Å². The van der Waals surface area contributed by atoms with Crippen molar-refractivity contribution in [2.75, 3.05) is 17.6 Å². The first-order valence-corrected chi connectivity index (χ1v) is 16.6. The highest BCUT2D eigenvalue weighted by atomic mass is 31.2. The second-order valence-corrected chi connectivity index (χ2v) is 13.8. The molecule has 1 aliphatic carbocycles. The van der Waals surface area contributed by atoms with E-state index in [2.05, 4.69) is 5.32 Å². The van der Waals surface area contributed by atoms with E-state index in [1.807, 2.05) is 54.6 Å². The lowest BCUT2D eigenvalue weighted by Gasteiger charge is -2.34. The number of benzene rings is 2. The van der Waals surface area contributed by atoms with Crippen molar-refractivity contribution in [1.29, 1.82) is 0 Å². The highest BCUT2D eigenvalue weighted by Gasteiger charge is 2.49. The molecule has 1 N–H and O–H groups in total. The van der Waals surface area contributed by atoms with E-state index < -0.39 is 25.0 Å². The summed E-state index contributed by atoms with van der Waals surface area (Å²) in [4.78, 5) is 42.3. The van der Waals surface area contributed by atoms with Crippen LogP contribution in [-0.2, 0) is 45.8 Å². The smallest absolute Gasteiger partial charge is 0.332 e. The first kappa shape index (κ1) is 31.9. The Labute approximate surface area is 248 Å². The van der Waals surface area contributed by atoms with Crippen LogP contribution in [0.25, 0.3) is 0 Å². The average Bonchev–Trinajstić information content (AvgIpc) is 3.36. The van der Waals surface area contributed by atoms with Crippen LogP contribution in [0.15, 0.2) is 54.6 Å². The van der Waals surface area contributed by atoms with Crippen LogP contribution in [0.1, 0.15) is 70.9 Å². The molecule has 0 aromatic heterocycles. The van der Waals surface area contributed by atoms with Gasteiger partial charge in [-0.2, -0.15) is 0 Å². The maximum absolute atomic E-state index is 14.0. The maximum atomic E-state index is 14.0. The number of nitrogens with one attached hydrogen (secondary N) is 1. The molecule has 1 heterocycles. The molecule has 0 spiro atoms. The van der Waals surface area contributed by atoms with Gasteiger partial charge in [0.15, 0.2) is 0 Å². The van der Waals surface area contributed by atoms with Crippen molar-refractivity contribution >= 4 is 31.1 Å². The first-order valence-electron chi connectivity index (χ1n) is 14.9. The maximum Gasteiger partial charge on any atom is 0.332 e. The molecule has 0 radical (unpaired) electrons. The van der Waals surface area contributed by atoms with Crippen molar-refractivity contribution in [3.63, 3.8) is 0 Å². The van der Waals surface area contributed by atoms with E-state index in [9.17, 15) is 18.9 Å². The number of para-hydroxylation sites is 1. The number of esters is 1. The van der Waals surface area contributed by atoms with Gasteiger partial charge in [-0.1, -0.05) is 61.4 Å². The predicted molar refractivity (Wildman–Crippen MR) is 161 cm³/mol. The Bertz CT molecular complexity index is 1280. The van der Waals surface area contributed by atoms with Gasteiger partial charge in [-0.3, -0.25) is 23.8 Å². The van der Waals surface area contributed by atoms with Crippen molar-refractivity contribution in [3.05, 3.63) is 65.7 Å². The molecular formula is C32H43N2O7P. The van der Waals surface area contributed by atoms with E-state index in [-0.39, 0.29) is 43.3 Å².